The number of rotatable bonds is 17. The molecule has 0 aromatic heterocycles. The Hall–Kier alpha value is -0.630. The third-order valence-corrected chi connectivity index (χ3v) is 6.23. The summed E-state index contributed by atoms with van der Waals surface area (Å²) in [5.74, 6) is 0. The fourth-order valence-electron chi connectivity index (χ4n) is 3.14. The quantitative estimate of drug-likeness (QED) is 0.224. The maximum Gasteiger partial charge on any atom is 0.328 e. The average Bonchev–Trinajstić information content (AvgIpc) is 2.65. The van der Waals surface area contributed by atoms with Crippen molar-refractivity contribution in [1.82, 2.24) is 0 Å². The van der Waals surface area contributed by atoms with Crippen LogP contribution in [0, 0.1) is 0 Å². The van der Waals surface area contributed by atoms with Gasteiger partial charge < -0.3 is 9.42 Å². The van der Waals surface area contributed by atoms with Gasteiger partial charge in [-0.25, -0.2) is 0 Å². The van der Waals surface area contributed by atoms with Gasteiger partial charge in [0.15, 0.2) is 0 Å². The van der Waals surface area contributed by atoms with E-state index in [1.165, 1.54) is 64.2 Å². The van der Waals surface area contributed by atoms with E-state index in [0.29, 0.717) is 0 Å². The molecular formula is C22H39O3P. The molecule has 1 unspecified atom stereocenters. The molecule has 0 saturated heterocycles. The Morgan fingerprint density at radius 1 is 0.769 bits per heavy atom. The first-order valence-corrected chi connectivity index (χ1v) is 12.4. The van der Waals surface area contributed by atoms with Gasteiger partial charge in [-0.2, -0.15) is 0 Å². The maximum atomic E-state index is 12.0. The largest absolute Gasteiger partial charge is 0.328 e. The summed E-state index contributed by atoms with van der Waals surface area (Å²) in [5, 5.41) is 0. The first kappa shape index (κ1) is 23.4. The van der Waals surface area contributed by atoms with Gasteiger partial charge in [0.25, 0.3) is 0 Å². The van der Waals surface area contributed by atoms with Gasteiger partial charge in [-0.05, 0) is 12.0 Å². The Morgan fingerprint density at radius 3 is 1.73 bits per heavy atom. The molecule has 0 heterocycles. The van der Waals surface area contributed by atoms with E-state index in [0.717, 1.165) is 24.8 Å². The lowest BCUT2D eigenvalue weighted by Gasteiger charge is -2.12. The highest BCUT2D eigenvalue weighted by Gasteiger charge is 2.18. The first-order valence-electron chi connectivity index (χ1n) is 10.6. The molecule has 1 aromatic rings. The van der Waals surface area contributed by atoms with Crippen LogP contribution < -0.4 is 0 Å². The van der Waals surface area contributed by atoms with Crippen LogP contribution in [0.1, 0.15) is 96.0 Å². The molecule has 0 radical (unpaired) electrons. The summed E-state index contributed by atoms with van der Waals surface area (Å²) < 4.78 is 17.3. The molecule has 150 valence electrons. The van der Waals surface area contributed by atoms with Gasteiger partial charge >= 0.3 is 7.60 Å². The van der Waals surface area contributed by atoms with Crippen molar-refractivity contribution >= 4 is 7.60 Å². The Balaban J connectivity index is 1.89. The molecule has 0 amide bonds. The van der Waals surface area contributed by atoms with Gasteiger partial charge in [0.2, 0.25) is 0 Å². The van der Waals surface area contributed by atoms with Gasteiger partial charge in [0, 0.05) is 6.16 Å². The van der Waals surface area contributed by atoms with Crippen LogP contribution in [0.15, 0.2) is 30.3 Å². The van der Waals surface area contributed by atoms with Crippen LogP contribution in [0.5, 0.6) is 0 Å². The second-order valence-electron chi connectivity index (χ2n) is 7.36. The van der Waals surface area contributed by atoms with Gasteiger partial charge in [0.05, 0.1) is 6.61 Å². The topological polar surface area (TPSA) is 46.5 Å². The van der Waals surface area contributed by atoms with Crippen molar-refractivity contribution in [1.29, 1.82) is 0 Å². The molecular weight excluding hydrogens is 343 g/mol. The molecule has 0 bridgehead atoms. The van der Waals surface area contributed by atoms with Crippen LogP contribution in [0.3, 0.4) is 0 Å². The minimum atomic E-state index is -3.44. The third-order valence-electron chi connectivity index (χ3n) is 4.82. The molecule has 0 aliphatic rings. The summed E-state index contributed by atoms with van der Waals surface area (Å²) in [6.07, 6.45) is 16.8. The van der Waals surface area contributed by atoms with Crippen LogP contribution in [0.4, 0.5) is 0 Å². The SMILES string of the molecule is CCCCCCCCCCCCCCCP(=O)(O)OCc1ccccc1. The van der Waals surface area contributed by atoms with E-state index < -0.39 is 7.60 Å². The molecule has 1 N–H and O–H groups in total. The molecule has 3 nitrogen and oxygen atoms in total. The molecule has 4 heteroatoms. The molecule has 1 rings (SSSR count). The summed E-state index contributed by atoms with van der Waals surface area (Å²) in [7, 11) is -3.44. The zero-order valence-electron chi connectivity index (χ0n) is 16.7. The zero-order chi connectivity index (χ0) is 18.9. The lowest BCUT2D eigenvalue weighted by Crippen LogP contribution is -1.96. The highest BCUT2D eigenvalue weighted by molar-refractivity contribution is 7.52. The van der Waals surface area contributed by atoms with E-state index in [1.54, 1.807) is 0 Å². The predicted octanol–water partition coefficient (Wildman–Crippen LogP) is 7.48. The Kier molecular flexibility index (Phi) is 13.9. The first-order chi connectivity index (χ1) is 12.6. The van der Waals surface area contributed by atoms with Crippen molar-refractivity contribution in [2.45, 2.75) is 97.0 Å². The molecule has 0 aliphatic heterocycles. The van der Waals surface area contributed by atoms with Gasteiger partial charge in [0.1, 0.15) is 0 Å². The number of unbranched alkanes of at least 4 members (excludes halogenated alkanes) is 12. The summed E-state index contributed by atoms with van der Waals surface area (Å²) >= 11 is 0. The molecule has 1 aromatic carbocycles. The lowest BCUT2D eigenvalue weighted by molar-refractivity contribution is 0.249. The molecule has 26 heavy (non-hydrogen) atoms. The smallest absolute Gasteiger partial charge is 0.324 e. The molecule has 0 saturated carbocycles. The van der Waals surface area contributed by atoms with Crippen molar-refractivity contribution in [3.63, 3.8) is 0 Å². The van der Waals surface area contributed by atoms with Gasteiger partial charge in [-0.3, -0.25) is 4.57 Å². The number of benzene rings is 1. The van der Waals surface area contributed by atoms with Crippen molar-refractivity contribution in [3.05, 3.63) is 35.9 Å². The molecule has 0 fully saturated rings. The highest BCUT2D eigenvalue weighted by Crippen LogP contribution is 2.43. The normalized spacial score (nSPS) is 13.6. The Labute approximate surface area is 161 Å². The molecule has 0 spiro atoms. The van der Waals surface area contributed by atoms with E-state index >= 15 is 0 Å². The second-order valence-corrected chi connectivity index (χ2v) is 9.34. The van der Waals surface area contributed by atoms with Crippen molar-refractivity contribution in [3.8, 4) is 0 Å². The summed E-state index contributed by atoms with van der Waals surface area (Å²) in [6, 6.07) is 9.56. The monoisotopic (exact) mass is 382 g/mol. The summed E-state index contributed by atoms with van der Waals surface area (Å²) in [5.41, 5.74) is 0.937. The Bertz CT molecular complexity index is 476. The van der Waals surface area contributed by atoms with Crippen LogP contribution in [-0.4, -0.2) is 11.1 Å². The maximum absolute atomic E-state index is 12.0. The van der Waals surface area contributed by atoms with E-state index in [9.17, 15) is 9.46 Å². The number of hydrogen-bond acceptors (Lipinski definition) is 2. The second kappa shape index (κ2) is 15.4. The van der Waals surface area contributed by atoms with Crippen molar-refractivity contribution in [2.75, 3.05) is 6.16 Å². The van der Waals surface area contributed by atoms with Gasteiger partial charge in [-0.15, -0.1) is 0 Å². The number of hydrogen-bond donors (Lipinski definition) is 1. The Morgan fingerprint density at radius 2 is 1.23 bits per heavy atom. The summed E-state index contributed by atoms with van der Waals surface area (Å²) in [4.78, 5) is 9.89. The fraction of sp³-hybridized carbons (Fsp3) is 0.727. The summed E-state index contributed by atoms with van der Waals surface area (Å²) in [6.45, 7) is 2.48. The van der Waals surface area contributed by atoms with Crippen molar-refractivity contribution < 1.29 is 14.0 Å². The lowest BCUT2D eigenvalue weighted by atomic mass is 10.1. The highest BCUT2D eigenvalue weighted by atomic mass is 31.2. The van der Waals surface area contributed by atoms with E-state index in [1.807, 2.05) is 30.3 Å². The predicted molar refractivity (Wildman–Crippen MR) is 112 cm³/mol. The van der Waals surface area contributed by atoms with E-state index in [4.69, 9.17) is 4.52 Å². The zero-order valence-corrected chi connectivity index (χ0v) is 17.6. The minimum Gasteiger partial charge on any atom is -0.324 e. The average molecular weight is 383 g/mol. The van der Waals surface area contributed by atoms with Crippen LogP contribution in [0.25, 0.3) is 0 Å². The third kappa shape index (κ3) is 13.6. The fourth-order valence-corrected chi connectivity index (χ4v) is 4.25. The van der Waals surface area contributed by atoms with Crippen LogP contribution >= 0.6 is 7.60 Å². The van der Waals surface area contributed by atoms with Gasteiger partial charge in [-0.1, -0.05) is 114 Å². The molecule has 1 atom stereocenters. The van der Waals surface area contributed by atoms with Crippen LogP contribution in [0.2, 0.25) is 0 Å². The minimum absolute atomic E-state index is 0.215. The van der Waals surface area contributed by atoms with Crippen molar-refractivity contribution in [2.24, 2.45) is 0 Å². The van der Waals surface area contributed by atoms with E-state index in [2.05, 4.69) is 6.92 Å². The van der Waals surface area contributed by atoms with E-state index in [-0.39, 0.29) is 12.8 Å². The standard InChI is InChI=1S/C22H39O3P/c1-2-3-4-5-6-7-8-9-10-11-12-13-17-20-26(23,24)25-21-22-18-15-14-16-19-22/h14-16,18-19H,2-13,17,20-21H2,1H3,(H,23,24). The molecule has 0 aliphatic carbocycles. The van der Waals surface area contributed by atoms with Crippen LogP contribution in [-0.2, 0) is 15.7 Å².